The summed E-state index contributed by atoms with van der Waals surface area (Å²) in [6.07, 6.45) is 1.68. The molecule has 0 spiro atoms. The summed E-state index contributed by atoms with van der Waals surface area (Å²) in [5.41, 5.74) is 3.32. The Morgan fingerprint density at radius 3 is 3.05 bits per heavy atom. The van der Waals surface area contributed by atoms with E-state index in [0.29, 0.717) is 9.90 Å². The number of fused-ring (bicyclic) bond motifs is 1. The van der Waals surface area contributed by atoms with Crippen LogP contribution in [0, 0.1) is 18.3 Å². The quantitative estimate of drug-likeness (QED) is 0.631. The molecule has 0 bridgehead atoms. The molecule has 8 heteroatoms. The van der Waals surface area contributed by atoms with E-state index < -0.39 is 5.97 Å². The van der Waals surface area contributed by atoms with Crippen molar-refractivity contribution in [2.45, 2.75) is 11.3 Å². The number of nitrogens with one attached hydrogen (secondary N) is 2. The van der Waals surface area contributed by atoms with Gasteiger partial charge in [0.25, 0.3) is 0 Å². The van der Waals surface area contributed by atoms with E-state index in [4.69, 9.17) is 10.4 Å². The molecule has 0 amide bonds. The molecule has 22 heavy (non-hydrogen) atoms. The molecule has 0 radical (unpaired) electrons. The van der Waals surface area contributed by atoms with Crippen LogP contribution in [0.5, 0.6) is 0 Å². The largest absolute Gasteiger partial charge is 0.476 e. The summed E-state index contributed by atoms with van der Waals surface area (Å²) in [7, 11) is 0. The Morgan fingerprint density at radius 1 is 1.55 bits per heavy atom. The summed E-state index contributed by atoms with van der Waals surface area (Å²) in [6.45, 7) is 1.95. The van der Waals surface area contributed by atoms with Crippen LogP contribution in [0.4, 0.5) is 5.69 Å². The van der Waals surface area contributed by atoms with Gasteiger partial charge in [0.1, 0.15) is 6.07 Å². The maximum Gasteiger partial charge on any atom is 0.355 e. The maximum atomic E-state index is 10.8. The average Bonchev–Trinajstić information content (AvgIpc) is 3.13. The van der Waals surface area contributed by atoms with Crippen molar-refractivity contribution in [1.82, 2.24) is 9.97 Å². The smallest absolute Gasteiger partial charge is 0.355 e. The minimum Gasteiger partial charge on any atom is -0.476 e. The third-order valence-corrected chi connectivity index (χ3v) is 4.88. The van der Waals surface area contributed by atoms with Crippen molar-refractivity contribution < 1.29 is 9.90 Å². The zero-order valence-electron chi connectivity index (χ0n) is 11.4. The number of nitriles is 1. The van der Waals surface area contributed by atoms with Crippen LogP contribution >= 0.6 is 23.3 Å². The Labute approximate surface area is 133 Å². The topological polar surface area (TPSA) is 102 Å². The third-order valence-electron chi connectivity index (χ3n) is 3.11. The van der Waals surface area contributed by atoms with E-state index in [9.17, 15) is 4.79 Å². The van der Waals surface area contributed by atoms with Crippen molar-refractivity contribution in [3.8, 4) is 6.07 Å². The summed E-state index contributed by atoms with van der Waals surface area (Å²) < 4.78 is 3.76. The number of anilines is 1. The number of rotatable bonds is 4. The van der Waals surface area contributed by atoms with Gasteiger partial charge in [-0.2, -0.15) is 5.26 Å². The molecule has 0 saturated carbocycles. The Bertz CT molecular complexity index is 907. The molecule has 0 atom stereocenters. The number of carboxylic acid groups (broad SMARTS) is 1. The maximum absolute atomic E-state index is 10.8. The Balaban J connectivity index is 1.88. The third kappa shape index (κ3) is 2.52. The highest BCUT2D eigenvalue weighted by Crippen LogP contribution is 2.32. The van der Waals surface area contributed by atoms with Crippen LogP contribution in [0.1, 0.15) is 21.6 Å². The van der Waals surface area contributed by atoms with Crippen LogP contribution in [0.25, 0.3) is 10.9 Å². The number of hydrogen-bond acceptors (Lipinski definition) is 6. The number of hydrogen-bond donors (Lipinski definition) is 3. The number of nitrogens with zero attached hydrogens (tertiary/aromatic N) is 2. The molecule has 6 nitrogen and oxygen atoms in total. The molecule has 0 aliphatic rings. The van der Waals surface area contributed by atoms with Gasteiger partial charge in [-0.25, -0.2) is 9.78 Å². The lowest BCUT2D eigenvalue weighted by atomic mass is 10.1. The minimum atomic E-state index is -1.04. The average molecular weight is 330 g/mol. The first-order chi connectivity index (χ1) is 10.6. The molecule has 3 rings (SSSR count). The Hall–Kier alpha value is -2.50. The molecule has 110 valence electrons. The van der Waals surface area contributed by atoms with E-state index in [2.05, 4.69) is 20.8 Å². The number of benzene rings is 1. The lowest BCUT2D eigenvalue weighted by Crippen LogP contribution is -1.96. The molecule has 2 aromatic heterocycles. The van der Waals surface area contributed by atoms with Crippen LogP contribution in [-0.4, -0.2) is 21.0 Å². The van der Waals surface area contributed by atoms with E-state index in [-0.39, 0.29) is 5.69 Å². The molecule has 0 aliphatic heterocycles. The van der Waals surface area contributed by atoms with E-state index in [1.54, 1.807) is 6.20 Å². The second-order valence-electron chi connectivity index (χ2n) is 4.50. The van der Waals surface area contributed by atoms with Gasteiger partial charge in [0.15, 0.2) is 10.0 Å². The molecule has 0 fully saturated rings. The summed E-state index contributed by atoms with van der Waals surface area (Å²) in [4.78, 5) is 17.9. The van der Waals surface area contributed by atoms with Gasteiger partial charge in [0.2, 0.25) is 0 Å². The van der Waals surface area contributed by atoms with Crippen LogP contribution in [0.3, 0.4) is 0 Å². The molecular formula is C14H10N4O2S2. The van der Waals surface area contributed by atoms with E-state index in [1.807, 2.05) is 19.1 Å². The molecule has 3 aromatic rings. The monoisotopic (exact) mass is 330 g/mol. The van der Waals surface area contributed by atoms with E-state index in [1.165, 1.54) is 28.7 Å². The molecule has 0 unspecified atom stereocenters. The predicted octanol–water partition coefficient (Wildman–Crippen LogP) is 3.62. The molecular weight excluding hydrogens is 320 g/mol. The number of carboxylic acids is 1. The van der Waals surface area contributed by atoms with Gasteiger partial charge in [-0.1, -0.05) is 6.07 Å². The zero-order valence-corrected chi connectivity index (χ0v) is 13.0. The highest BCUT2D eigenvalue weighted by atomic mass is 32.2. The van der Waals surface area contributed by atoms with Gasteiger partial charge < -0.3 is 14.8 Å². The fraction of sp³-hybridized carbons (Fsp3) is 0.0714. The highest BCUT2D eigenvalue weighted by Gasteiger charge is 2.12. The second-order valence-corrected chi connectivity index (χ2v) is 6.41. The fourth-order valence-corrected chi connectivity index (χ4v) is 3.58. The van der Waals surface area contributed by atoms with Gasteiger partial charge >= 0.3 is 5.97 Å². The fourth-order valence-electron chi connectivity index (χ4n) is 2.09. The van der Waals surface area contributed by atoms with E-state index >= 15 is 0 Å². The summed E-state index contributed by atoms with van der Waals surface area (Å²) >= 11 is 2.50. The van der Waals surface area contributed by atoms with Crippen molar-refractivity contribution in [3.05, 3.63) is 40.5 Å². The standard InChI is InChI=1S/C14H10N4O2S2/c1-7-2-3-9(12-11(7)8(4-15)5-16-12)18-22-14-17-10(6-21-14)13(19)20/h2-3,5-6,16,18H,1H3,(H,19,20). The van der Waals surface area contributed by atoms with Gasteiger partial charge in [-0.15, -0.1) is 11.3 Å². The van der Waals surface area contributed by atoms with Crippen molar-refractivity contribution in [1.29, 1.82) is 5.26 Å². The first kappa shape index (κ1) is 14.4. The highest BCUT2D eigenvalue weighted by molar-refractivity contribution is 8.02. The number of aryl methyl sites for hydroxylation is 1. The molecule has 2 heterocycles. The van der Waals surface area contributed by atoms with Crippen molar-refractivity contribution in [2.75, 3.05) is 4.72 Å². The van der Waals surface area contributed by atoms with Crippen LogP contribution in [0.15, 0.2) is 28.0 Å². The van der Waals surface area contributed by atoms with Crippen LogP contribution in [0.2, 0.25) is 0 Å². The van der Waals surface area contributed by atoms with Crippen LogP contribution in [-0.2, 0) is 0 Å². The number of carbonyl (C=O) groups is 1. The number of H-pyrrole nitrogens is 1. The lowest BCUT2D eigenvalue weighted by Gasteiger charge is -2.06. The number of aromatic amines is 1. The normalized spacial score (nSPS) is 10.5. The molecule has 0 saturated heterocycles. The SMILES string of the molecule is Cc1ccc(NSc2nc(C(=O)O)cs2)c2[nH]cc(C#N)c12. The molecule has 1 aromatic carbocycles. The van der Waals surface area contributed by atoms with Gasteiger partial charge in [-0.05, 0) is 18.6 Å². The first-order valence-corrected chi connectivity index (χ1v) is 7.92. The van der Waals surface area contributed by atoms with E-state index in [0.717, 1.165) is 22.2 Å². The Morgan fingerprint density at radius 2 is 2.36 bits per heavy atom. The summed E-state index contributed by atoms with van der Waals surface area (Å²) in [6, 6.07) is 6.01. The van der Waals surface area contributed by atoms with Crippen LogP contribution < -0.4 is 4.72 Å². The summed E-state index contributed by atoms with van der Waals surface area (Å²) in [5, 5.41) is 20.4. The number of aromatic nitrogens is 2. The number of thiazole rings is 1. The predicted molar refractivity (Wildman–Crippen MR) is 86.3 cm³/mol. The van der Waals surface area contributed by atoms with Gasteiger partial charge in [0.05, 0.1) is 16.8 Å². The second kappa shape index (κ2) is 5.71. The van der Waals surface area contributed by atoms with Crippen molar-refractivity contribution in [2.24, 2.45) is 0 Å². The van der Waals surface area contributed by atoms with Gasteiger partial charge in [-0.3, -0.25) is 0 Å². The lowest BCUT2D eigenvalue weighted by molar-refractivity contribution is 0.0691. The zero-order chi connectivity index (χ0) is 15.7. The Kier molecular flexibility index (Phi) is 3.75. The summed E-state index contributed by atoms with van der Waals surface area (Å²) in [5.74, 6) is -1.04. The van der Waals surface area contributed by atoms with Crippen molar-refractivity contribution in [3.63, 3.8) is 0 Å². The minimum absolute atomic E-state index is 0.0370. The molecule has 0 aliphatic carbocycles. The first-order valence-electron chi connectivity index (χ1n) is 6.22. The van der Waals surface area contributed by atoms with Crippen molar-refractivity contribution >= 4 is 45.8 Å². The van der Waals surface area contributed by atoms with Gasteiger partial charge in [0, 0.05) is 28.9 Å². The molecule has 3 N–H and O–H groups in total. The number of aromatic carboxylic acids is 1.